The van der Waals surface area contributed by atoms with Crippen LogP contribution in [0, 0.1) is 0 Å². The molecule has 1 rings (SSSR count). The fraction of sp³-hybridized carbons (Fsp3) is 0.417. The topological polar surface area (TPSA) is 73.6 Å². The van der Waals surface area contributed by atoms with Gasteiger partial charge in [0, 0.05) is 5.69 Å². The van der Waals surface area contributed by atoms with Crippen LogP contribution in [-0.2, 0) is 9.53 Å². The molecule has 20 heavy (non-hydrogen) atoms. The van der Waals surface area contributed by atoms with Crippen molar-refractivity contribution in [1.29, 1.82) is 0 Å². The van der Waals surface area contributed by atoms with Gasteiger partial charge >= 0.3 is 6.18 Å². The minimum atomic E-state index is -4.30. The van der Waals surface area contributed by atoms with Crippen molar-refractivity contribution in [3.63, 3.8) is 0 Å². The first-order valence-corrected chi connectivity index (χ1v) is 5.69. The second kappa shape index (κ2) is 6.99. The summed E-state index contributed by atoms with van der Waals surface area (Å²) in [5, 5.41) is 2.45. The van der Waals surface area contributed by atoms with Crippen LogP contribution in [-0.4, -0.2) is 32.4 Å². The number of benzene rings is 1. The molecule has 1 aromatic rings. The van der Waals surface area contributed by atoms with Crippen LogP contribution in [0.4, 0.5) is 24.5 Å². The Kier molecular flexibility index (Phi) is 5.63. The number of carbonyl (C=O) groups is 1. The molecule has 0 saturated heterocycles. The summed E-state index contributed by atoms with van der Waals surface area (Å²) in [6, 6.07) is 4.64. The number of hydrogen-bond donors (Lipinski definition) is 2. The van der Waals surface area contributed by atoms with E-state index >= 15 is 0 Å². The maximum absolute atomic E-state index is 11.9. The highest BCUT2D eigenvalue weighted by Gasteiger charge is 2.26. The quantitative estimate of drug-likeness (QED) is 0.622. The van der Waals surface area contributed by atoms with Crippen molar-refractivity contribution in [2.75, 3.05) is 31.4 Å². The second-order valence-electron chi connectivity index (χ2n) is 3.93. The number of amides is 1. The Morgan fingerprint density at radius 1 is 1.40 bits per heavy atom. The Hall–Kier alpha value is -1.96. The van der Waals surface area contributed by atoms with Gasteiger partial charge in [-0.05, 0) is 18.2 Å². The van der Waals surface area contributed by atoms with Gasteiger partial charge in [-0.1, -0.05) is 0 Å². The van der Waals surface area contributed by atoms with Gasteiger partial charge in [0.1, 0.15) is 12.4 Å². The summed E-state index contributed by atoms with van der Waals surface area (Å²) in [6.45, 7) is -1.04. The summed E-state index contributed by atoms with van der Waals surface area (Å²) in [4.78, 5) is 11.5. The summed E-state index contributed by atoms with van der Waals surface area (Å²) in [5.74, 6) is -0.195. The van der Waals surface area contributed by atoms with Crippen LogP contribution < -0.4 is 15.8 Å². The van der Waals surface area contributed by atoms with E-state index in [1.165, 1.54) is 13.2 Å². The Balaban J connectivity index is 2.44. The minimum absolute atomic E-state index is 0.330. The molecule has 0 fully saturated rings. The fourth-order valence-corrected chi connectivity index (χ4v) is 1.36. The van der Waals surface area contributed by atoms with Crippen LogP contribution in [0.1, 0.15) is 6.42 Å². The number of nitrogens with two attached hydrogens (primary N) is 1. The van der Waals surface area contributed by atoms with Crippen molar-refractivity contribution in [1.82, 2.24) is 0 Å². The molecular weight excluding hydrogens is 277 g/mol. The lowest BCUT2D eigenvalue weighted by molar-refractivity contribution is -0.147. The van der Waals surface area contributed by atoms with E-state index in [2.05, 4.69) is 10.1 Å². The molecule has 0 saturated carbocycles. The lowest BCUT2D eigenvalue weighted by Gasteiger charge is -2.11. The molecule has 0 heterocycles. The molecule has 0 atom stereocenters. The summed E-state index contributed by atoms with van der Waals surface area (Å²) >= 11 is 0. The SMILES string of the molecule is COc1ccc(N)cc1NC(=O)COCCC(F)(F)F. The molecule has 112 valence electrons. The van der Waals surface area contributed by atoms with Gasteiger partial charge in [-0.3, -0.25) is 4.79 Å². The summed E-state index contributed by atoms with van der Waals surface area (Å²) in [6.07, 6.45) is -5.39. The Morgan fingerprint density at radius 3 is 2.70 bits per heavy atom. The van der Waals surface area contributed by atoms with Crippen molar-refractivity contribution >= 4 is 17.3 Å². The predicted octanol–water partition coefficient (Wildman–Crippen LogP) is 2.18. The van der Waals surface area contributed by atoms with E-state index in [-0.39, 0.29) is 0 Å². The van der Waals surface area contributed by atoms with Crippen molar-refractivity contribution in [3.05, 3.63) is 18.2 Å². The molecule has 1 aromatic carbocycles. The van der Waals surface area contributed by atoms with Crippen molar-refractivity contribution in [3.8, 4) is 5.75 Å². The molecule has 0 unspecified atom stereocenters. The molecule has 1 amide bonds. The predicted molar refractivity (Wildman–Crippen MR) is 67.5 cm³/mol. The molecular formula is C12H15F3N2O3. The van der Waals surface area contributed by atoms with Crippen LogP contribution in [0.2, 0.25) is 0 Å². The van der Waals surface area contributed by atoms with Crippen LogP contribution in [0.25, 0.3) is 0 Å². The van der Waals surface area contributed by atoms with Gasteiger partial charge in [-0.15, -0.1) is 0 Å². The number of anilines is 2. The molecule has 0 aromatic heterocycles. The molecule has 5 nitrogen and oxygen atoms in total. The largest absolute Gasteiger partial charge is 0.495 e. The Labute approximate surface area is 113 Å². The van der Waals surface area contributed by atoms with E-state index in [1.54, 1.807) is 12.1 Å². The number of alkyl halides is 3. The standard InChI is InChI=1S/C12H15F3N2O3/c1-19-10-3-2-8(16)6-9(10)17-11(18)7-20-5-4-12(13,14)15/h2-3,6H,4-5,7,16H2,1H3,(H,17,18). The van der Waals surface area contributed by atoms with Gasteiger partial charge < -0.3 is 20.5 Å². The molecule has 0 spiro atoms. The normalized spacial score (nSPS) is 11.2. The van der Waals surface area contributed by atoms with Crippen molar-refractivity contribution in [2.45, 2.75) is 12.6 Å². The maximum atomic E-state index is 11.9. The minimum Gasteiger partial charge on any atom is -0.495 e. The maximum Gasteiger partial charge on any atom is 0.391 e. The molecule has 0 aliphatic carbocycles. The number of ether oxygens (including phenoxy) is 2. The third kappa shape index (κ3) is 5.79. The van der Waals surface area contributed by atoms with Gasteiger partial charge in [0.25, 0.3) is 0 Å². The van der Waals surface area contributed by atoms with Gasteiger partial charge in [0.05, 0.1) is 25.8 Å². The smallest absolute Gasteiger partial charge is 0.391 e. The molecule has 0 radical (unpaired) electrons. The van der Waals surface area contributed by atoms with Crippen molar-refractivity contribution in [2.24, 2.45) is 0 Å². The number of carbonyl (C=O) groups excluding carboxylic acids is 1. The van der Waals surface area contributed by atoms with E-state index in [0.29, 0.717) is 17.1 Å². The fourth-order valence-electron chi connectivity index (χ4n) is 1.36. The number of methoxy groups -OCH3 is 1. The molecule has 0 bridgehead atoms. The lowest BCUT2D eigenvalue weighted by Crippen LogP contribution is -2.21. The number of hydrogen-bond acceptors (Lipinski definition) is 4. The molecule has 3 N–H and O–H groups in total. The zero-order valence-electron chi connectivity index (χ0n) is 10.8. The first kappa shape index (κ1) is 16.1. The third-order valence-electron chi connectivity index (χ3n) is 2.26. The van der Waals surface area contributed by atoms with Crippen LogP contribution in [0.15, 0.2) is 18.2 Å². The van der Waals surface area contributed by atoms with Crippen LogP contribution >= 0.6 is 0 Å². The number of nitrogen functional groups attached to an aromatic ring is 1. The van der Waals surface area contributed by atoms with E-state index in [0.717, 1.165) is 0 Å². The number of halogens is 3. The zero-order chi connectivity index (χ0) is 15.2. The highest BCUT2D eigenvalue weighted by molar-refractivity contribution is 5.93. The average molecular weight is 292 g/mol. The monoisotopic (exact) mass is 292 g/mol. The Bertz CT molecular complexity index is 464. The second-order valence-corrected chi connectivity index (χ2v) is 3.93. The van der Waals surface area contributed by atoms with E-state index in [4.69, 9.17) is 10.5 Å². The first-order valence-electron chi connectivity index (χ1n) is 5.69. The van der Waals surface area contributed by atoms with Gasteiger partial charge in [-0.2, -0.15) is 13.2 Å². The summed E-state index contributed by atoms with van der Waals surface area (Å²) < 4.78 is 45.2. The Morgan fingerprint density at radius 2 is 2.10 bits per heavy atom. The average Bonchev–Trinajstić information content (AvgIpc) is 2.34. The molecule has 0 aliphatic rings. The number of nitrogens with one attached hydrogen (secondary N) is 1. The van der Waals surface area contributed by atoms with Crippen LogP contribution in [0.3, 0.4) is 0 Å². The summed E-state index contributed by atoms with van der Waals surface area (Å²) in [5.41, 5.74) is 6.31. The van der Waals surface area contributed by atoms with Crippen molar-refractivity contribution < 1.29 is 27.4 Å². The van der Waals surface area contributed by atoms with E-state index in [9.17, 15) is 18.0 Å². The summed E-state index contributed by atoms with van der Waals surface area (Å²) in [7, 11) is 1.42. The van der Waals surface area contributed by atoms with Gasteiger partial charge in [-0.25, -0.2) is 0 Å². The number of rotatable bonds is 6. The highest BCUT2D eigenvalue weighted by Crippen LogP contribution is 2.26. The molecule has 0 aliphatic heterocycles. The zero-order valence-corrected chi connectivity index (χ0v) is 10.8. The van der Waals surface area contributed by atoms with Gasteiger partial charge in [0.2, 0.25) is 5.91 Å². The third-order valence-corrected chi connectivity index (χ3v) is 2.26. The van der Waals surface area contributed by atoms with E-state index in [1.807, 2.05) is 0 Å². The van der Waals surface area contributed by atoms with Gasteiger partial charge in [0.15, 0.2) is 0 Å². The van der Waals surface area contributed by atoms with E-state index < -0.39 is 31.7 Å². The van der Waals surface area contributed by atoms with Crippen LogP contribution in [0.5, 0.6) is 5.75 Å². The first-order chi connectivity index (χ1) is 9.31. The molecule has 8 heteroatoms. The lowest BCUT2D eigenvalue weighted by atomic mass is 10.2. The highest BCUT2D eigenvalue weighted by atomic mass is 19.4.